The molecule has 0 amide bonds. The molecule has 29 heavy (non-hydrogen) atoms. The molecule has 1 atom stereocenters. The van der Waals surface area contributed by atoms with Gasteiger partial charge in [-0.15, -0.1) is 10.2 Å². The maximum absolute atomic E-state index is 13.4. The first-order chi connectivity index (χ1) is 14.0. The van der Waals surface area contributed by atoms with E-state index in [1.165, 1.54) is 16.8 Å². The predicted octanol–water partition coefficient (Wildman–Crippen LogP) is 2.19. The summed E-state index contributed by atoms with van der Waals surface area (Å²) in [6.07, 6.45) is 5.08. The number of ether oxygens (including phenoxy) is 1. The lowest BCUT2D eigenvalue weighted by molar-refractivity contribution is 0.0790. The monoisotopic (exact) mass is 415 g/mol. The van der Waals surface area contributed by atoms with Gasteiger partial charge in [0.25, 0.3) is 10.0 Å². The Labute approximate surface area is 168 Å². The van der Waals surface area contributed by atoms with Crippen LogP contribution < -0.4 is 4.31 Å². The van der Waals surface area contributed by atoms with Gasteiger partial charge in [0.2, 0.25) is 11.8 Å². The molecule has 3 aromatic rings. The van der Waals surface area contributed by atoms with E-state index >= 15 is 0 Å². The molecule has 0 aliphatic carbocycles. The molecule has 9 nitrogen and oxygen atoms in total. The minimum Gasteiger partial charge on any atom is -0.423 e. The summed E-state index contributed by atoms with van der Waals surface area (Å²) in [7, 11) is -2.15. The van der Waals surface area contributed by atoms with Gasteiger partial charge in [0.15, 0.2) is 5.03 Å². The smallest absolute Gasteiger partial charge is 0.284 e. The molecular formula is C19H21N5O4S. The second-order valence-corrected chi connectivity index (χ2v) is 9.15. The molecular weight excluding hydrogens is 394 g/mol. The lowest BCUT2D eigenvalue weighted by Gasteiger charge is -2.23. The van der Waals surface area contributed by atoms with Gasteiger partial charge in [-0.2, -0.15) is 8.42 Å². The lowest BCUT2D eigenvalue weighted by atomic mass is 10.0. The second-order valence-electron chi connectivity index (χ2n) is 7.39. The van der Waals surface area contributed by atoms with E-state index in [2.05, 4.69) is 15.2 Å². The molecule has 0 radical (unpaired) electrons. The van der Waals surface area contributed by atoms with Crippen molar-refractivity contribution in [1.82, 2.24) is 19.7 Å². The molecule has 152 valence electrons. The van der Waals surface area contributed by atoms with Gasteiger partial charge in [0.05, 0.1) is 12.0 Å². The number of hydrogen-bond acceptors (Lipinski definition) is 7. The number of sulfonamides is 1. The first kappa shape index (κ1) is 18.3. The number of hydrogen-bond donors (Lipinski definition) is 0. The van der Waals surface area contributed by atoms with Crippen molar-refractivity contribution in [3.8, 4) is 0 Å². The number of anilines is 1. The van der Waals surface area contributed by atoms with Crippen LogP contribution in [0, 0.1) is 0 Å². The van der Waals surface area contributed by atoms with Crippen LogP contribution in [-0.4, -0.2) is 41.4 Å². The highest BCUT2D eigenvalue weighted by Gasteiger charge is 2.43. The average Bonchev–Trinajstić information content (AvgIpc) is 3.46. The third-order valence-corrected chi connectivity index (χ3v) is 7.15. The van der Waals surface area contributed by atoms with Crippen molar-refractivity contribution in [2.75, 3.05) is 17.5 Å². The molecule has 10 heteroatoms. The number of rotatable bonds is 4. The summed E-state index contributed by atoms with van der Waals surface area (Å²) in [5, 5.41) is 8.45. The number of benzene rings is 1. The van der Waals surface area contributed by atoms with Crippen molar-refractivity contribution >= 4 is 15.7 Å². The zero-order chi connectivity index (χ0) is 20.0. The van der Waals surface area contributed by atoms with Crippen LogP contribution in [-0.2, 0) is 28.2 Å². The summed E-state index contributed by atoms with van der Waals surface area (Å²) < 4.78 is 41.3. The summed E-state index contributed by atoms with van der Waals surface area (Å²) in [6.45, 7) is 1.33. The van der Waals surface area contributed by atoms with Crippen LogP contribution in [0.25, 0.3) is 0 Å². The third kappa shape index (κ3) is 3.12. The molecule has 1 unspecified atom stereocenters. The number of imidazole rings is 1. The first-order valence-corrected chi connectivity index (χ1v) is 11.0. The Balaban J connectivity index is 1.55. The minimum atomic E-state index is -3.89. The highest BCUT2D eigenvalue weighted by Crippen LogP contribution is 2.43. The van der Waals surface area contributed by atoms with Crippen LogP contribution in [0.15, 0.2) is 46.2 Å². The molecule has 0 spiro atoms. The van der Waals surface area contributed by atoms with E-state index in [9.17, 15) is 8.42 Å². The normalized spacial score (nSPS) is 20.2. The average molecular weight is 415 g/mol. The zero-order valence-corrected chi connectivity index (χ0v) is 16.7. The van der Waals surface area contributed by atoms with Crippen molar-refractivity contribution in [3.05, 3.63) is 54.1 Å². The first-order valence-electron chi connectivity index (χ1n) is 9.55. The van der Waals surface area contributed by atoms with Crippen molar-refractivity contribution in [3.63, 3.8) is 0 Å². The molecule has 5 rings (SSSR count). The highest BCUT2D eigenvalue weighted by molar-refractivity contribution is 7.92. The predicted molar refractivity (Wildman–Crippen MR) is 103 cm³/mol. The van der Waals surface area contributed by atoms with Crippen LogP contribution in [0.5, 0.6) is 0 Å². The number of para-hydroxylation sites is 1. The fraction of sp³-hybridized carbons (Fsp3) is 0.421. The molecule has 1 saturated heterocycles. The van der Waals surface area contributed by atoms with E-state index in [0.29, 0.717) is 37.1 Å². The van der Waals surface area contributed by atoms with Crippen molar-refractivity contribution in [1.29, 1.82) is 0 Å². The van der Waals surface area contributed by atoms with E-state index in [1.807, 2.05) is 18.2 Å². The Morgan fingerprint density at radius 2 is 1.86 bits per heavy atom. The Morgan fingerprint density at radius 1 is 1.10 bits per heavy atom. The van der Waals surface area contributed by atoms with Gasteiger partial charge in [-0.05, 0) is 24.5 Å². The van der Waals surface area contributed by atoms with Crippen LogP contribution >= 0.6 is 0 Å². The molecule has 0 bridgehead atoms. The van der Waals surface area contributed by atoms with Gasteiger partial charge in [-0.1, -0.05) is 18.2 Å². The van der Waals surface area contributed by atoms with E-state index in [-0.39, 0.29) is 10.9 Å². The largest absolute Gasteiger partial charge is 0.423 e. The Hall–Kier alpha value is -2.72. The van der Waals surface area contributed by atoms with E-state index < -0.39 is 16.1 Å². The summed E-state index contributed by atoms with van der Waals surface area (Å²) >= 11 is 0. The van der Waals surface area contributed by atoms with Crippen molar-refractivity contribution < 1.29 is 17.6 Å². The topological polar surface area (TPSA) is 103 Å². The summed E-state index contributed by atoms with van der Waals surface area (Å²) in [4.78, 5) is 4.06. The molecule has 2 aromatic heterocycles. The van der Waals surface area contributed by atoms with Crippen LogP contribution in [0.4, 0.5) is 5.69 Å². The van der Waals surface area contributed by atoms with Crippen molar-refractivity contribution in [2.45, 2.75) is 36.2 Å². The van der Waals surface area contributed by atoms with Gasteiger partial charge in [0, 0.05) is 38.8 Å². The fourth-order valence-electron chi connectivity index (χ4n) is 3.96. The third-order valence-electron chi connectivity index (χ3n) is 5.44. The summed E-state index contributed by atoms with van der Waals surface area (Å²) in [5.74, 6) is 1.01. The van der Waals surface area contributed by atoms with Gasteiger partial charge < -0.3 is 13.7 Å². The van der Waals surface area contributed by atoms with Gasteiger partial charge in [-0.3, -0.25) is 4.31 Å². The quantitative estimate of drug-likeness (QED) is 0.643. The van der Waals surface area contributed by atoms with Crippen molar-refractivity contribution in [2.24, 2.45) is 7.05 Å². The maximum atomic E-state index is 13.4. The second kappa shape index (κ2) is 6.96. The van der Waals surface area contributed by atoms with E-state index in [0.717, 1.165) is 18.4 Å². The molecule has 2 aliphatic rings. The summed E-state index contributed by atoms with van der Waals surface area (Å²) in [5.41, 5.74) is 1.54. The number of aryl methyl sites for hydroxylation is 1. The van der Waals surface area contributed by atoms with E-state index in [1.54, 1.807) is 17.7 Å². The molecule has 1 aromatic carbocycles. The maximum Gasteiger partial charge on any atom is 0.284 e. The molecule has 1 fully saturated rings. The zero-order valence-electron chi connectivity index (χ0n) is 15.9. The van der Waals surface area contributed by atoms with Gasteiger partial charge in [-0.25, -0.2) is 4.98 Å². The Kier molecular flexibility index (Phi) is 4.39. The minimum absolute atomic E-state index is 0.00845. The number of fused-ring (bicyclic) bond motifs is 1. The standard InChI is InChI=1S/C19H21N5O4S/c1-23-11-17(20-12-23)29(25,26)24-15-5-3-2-4-14(15)10-16(24)19-22-21-18(28-19)13-6-8-27-9-7-13/h2-5,11-13,16H,6-10H2,1H3. The highest BCUT2D eigenvalue weighted by atomic mass is 32.2. The number of nitrogens with zero attached hydrogens (tertiary/aromatic N) is 5. The van der Waals surface area contributed by atoms with Gasteiger partial charge in [0.1, 0.15) is 6.04 Å². The number of aromatic nitrogens is 4. The SMILES string of the molecule is Cn1cnc(S(=O)(=O)N2c3ccccc3CC2c2nnc(C3CCOCC3)o2)c1. The van der Waals surface area contributed by atoms with Gasteiger partial charge >= 0.3 is 0 Å². The molecule has 0 saturated carbocycles. The van der Waals surface area contributed by atoms with Crippen LogP contribution in [0.2, 0.25) is 0 Å². The Bertz CT molecular complexity index is 1130. The summed E-state index contributed by atoms with van der Waals surface area (Å²) in [6, 6.07) is 6.84. The Morgan fingerprint density at radius 3 is 2.62 bits per heavy atom. The fourth-order valence-corrected chi connectivity index (χ4v) is 5.57. The molecule has 4 heterocycles. The molecule has 2 aliphatic heterocycles. The van der Waals surface area contributed by atoms with Crippen LogP contribution in [0.3, 0.4) is 0 Å². The van der Waals surface area contributed by atoms with E-state index in [4.69, 9.17) is 9.15 Å². The lowest BCUT2D eigenvalue weighted by Crippen LogP contribution is -2.32. The van der Waals surface area contributed by atoms with Crippen LogP contribution in [0.1, 0.15) is 42.1 Å². The molecule has 0 N–H and O–H groups in total.